The predicted molar refractivity (Wildman–Crippen MR) is 84.2 cm³/mol. The van der Waals surface area contributed by atoms with Gasteiger partial charge in [0.1, 0.15) is 11.6 Å². The van der Waals surface area contributed by atoms with E-state index >= 15 is 0 Å². The van der Waals surface area contributed by atoms with E-state index in [2.05, 4.69) is 20.6 Å². The first kappa shape index (κ1) is 15.0. The van der Waals surface area contributed by atoms with Gasteiger partial charge in [0.2, 0.25) is 5.95 Å². The summed E-state index contributed by atoms with van der Waals surface area (Å²) in [7, 11) is 0. The van der Waals surface area contributed by atoms with Gasteiger partial charge in [0.15, 0.2) is 0 Å². The van der Waals surface area contributed by atoms with Gasteiger partial charge >= 0.3 is 0 Å². The van der Waals surface area contributed by atoms with E-state index in [1.165, 1.54) is 12.1 Å². The molecule has 0 radical (unpaired) electrons. The van der Waals surface area contributed by atoms with Crippen LogP contribution in [0.1, 0.15) is 12.8 Å². The third kappa shape index (κ3) is 3.84. The summed E-state index contributed by atoms with van der Waals surface area (Å²) in [6.45, 7) is 1.54. The molecule has 2 N–H and O–H groups in total. The molecule has 0 bridgehead atoms. The van der Waals surface area contributed by atoms with Crippen molar-refractivity contribution in [3.63, 3.8) is 0 Å². The summed E-state index contributed by atoms with van der Waals surface area (Å²) < 4.78 is 19.0. The van der Waals surface area contributed by atoms with Crippen molar-refractivity contribution < 1.29 is 9.13 Å². The van der Waals surface area contributed by atoms with Gasteiger partial charge in [-0.3, -0.25) is 0 Å². The molecule has 22 heavy (non-hydrogen) atoms. The van der Waals surface area contributed by atoms with E-state index in [9.17, 15) is 4.39 Å². The van der Waals surface area contributed by atoms with Crippen LogP contribution in [0.5, 0.6) is 0 Å². The van der Waals surface area contributed by atoms with E-state index in [0.29, 0.717) is 24.0 Å². The molecule has 2 aromatic rings. The van der Waals surface area contributed by atoms with Crippen molar-refractivity contribution in [1.29, 1.82) is 0 Å². The Balaban J connectivity index is 1.63. The Bertz CT molecular complexity index is 649. The number of anilines is 3. The quantitative estimate of drug-likeness (QED) is 0.880. The van der Waals surface area contributed by atoms with Crippen molar-refractivity contribution in [2.75, 3.05) is 23.8 Å². The molecule has 2 heterocycles. The summed E-state index contributed by atoms with van der Waals surface area (Å²) in [5.74, 6) is 0.598. The fourth-order valence-electron chi connectivity index (χ4n) is 2.24. The first-order valence-electron chi connectivity index (χ1n) is 7.11. The molecule has 1 unspecified atom stereocenters. The van der Waals surface area contributed by atoms with Crippen LogP contribution in [-0.2, 0) is 4.74 Å². The Kier molecular flexibility index (Phi) is 4.70. The molecule has 1 saturated heterocycles. The van der Waals surface area contributed by atoms with Crippen LogP contribution in [0, 0.1) is 5.82 Å². The van der Waals surface area contributed by atoms with Crippen molar-refractivity contribution in [3.05, 3.63) is 41.3 Å². The standard InChI is InChI=1S/C15H16ClFN4O/c16-12-4-3-10(8-13(12)17)20-15-18-6-5-14(21-15)19-9-11-2-1-7-22-11/h3-6,8,11H,1-2,7,9H2,(H2,18,19,20,21). The van der Waals surface area contributed by atoms with Gasteiger partial charge in [0, 0.05) is 25.0 Å². The van der Waals surface area contributed by atoms with Gasteiger partial charge in [0.05, 0.1) is 11.1 Å². The lowest BCUT2D eigenvalue weighted by molar-refractivity contribution is 0.120. The highest BCUT2D eigenvalue weighted by molar-refractivity contribution is 6.30. The maximum Gasteiger partial charge on any atom is 0.229 e. The number of rotatable bonds is 5. The minimum atomic E-state index is -0.487. The lowest BCUT2D eigenvalue weighted by atomic mass is 10.2. The molecule has 1 atom stereocenters. The SMILES string of the molecule is Fc1cc(Nc2nccc(NCC3CCCO3)n2)ccc1Cl. The van der Waals surface area contributed by atoms with Gasteiger partial charge in [-0.15, -0.1) is 0 Å². The maximum absolute atomic E-state index is 13.4. The molecule has 1 fully saturated rings. The van der Waals surface area contributed by atoms with E-state index in [0.717, 1.165) is 19.4 Å². The monoisotopic (exact) mass is 322 g/mol. The Labute approximate surface area is 132 Å². The van der Waals surface area contributed by atoms with E-state index in [-0.39, 0.29) is 11.1 Å². The second kappa shape index (κ2) is 6.89. The van der Waals surface area contributed by atoms with Gasteiger partial charge in [-0.1, -0.05) is 11.6 Å². The topological polar surface area (TPSA) is 59.1 Å². The molecule has 5 nitrogen and oxygen atoms in total. The summed E-state index contributed by atoms with van der Waals surface area (Å²) >= 11 is 5.66. The highest BCUT2D eigenvalue weighted by atomic mass is 35.5. The highest BCUT2D eigenvalue weighted by Crippen LogP contribution is 2.21. The largest absolute Gasteiger partial charge is 0.376 e. The lowest BCUT2D eigenvalue weighted by Gasteiger charge is -2.12. The Morgan fingerprint density at radius 2 is 2.27 bits per heavy atom. The van der Waals surface area contributed by atoms with Crippen molar-refractivity contribution in [1.82, 2.24) is 9.97 Å². The number of aromatic nitrogens is 2. The Hall–Kier alpha value is -1.92. The molecule has 3 rings (SSSR count). The minimum Gasteiger partial charge on any atom is -0.376 e. The second-order valence-corrected chi connectivity index (χ2v) is 5.44. The van der Waals surface area contributed by atoms with Crippen LogP contribution in [0.4, 0.5) is 21.8 Å². The summed E-state index contributed by atoms with van der Waals surface area (Å²) in [4.78, 5) is 8.45. The number of nitrogens with zero attached hydrogens (tertiary/aromatic N) is 2. The van der Waals surface area contributed by atoms with Crippen LogP contribution in [0.2, 0.25) is 5.02 Å². The average molecular weight is 323 g/mol. The highest BCUT2D eigenvalue weighted by Gasteiger charge is 2.15. The zero-order chi connectivity index (χ0) is 15.4. The Morgan fingerprint density at radius 1 is 1.36 bits per heavy atom. The molecule has 1 aliphatic rings. The van der Waals surface area contributed by atoms with Gasteiger partial charge in [-0.25, -0.2) is 9.37 Å². The van der Waals surface area contributed by atoms with E-state index in [1.54, 1.807) is 18.3 Å². The zero-order valence-electron chi connectivity index (χ0n) is 11.9. The molecule has 1 aromatic heterocycles. The van der Waals surface area contributed by atoms with Crippen LogP contribution in [-0.4, -0.2) is 29.2 Å². The van der Waals surface area contributed by atoms with Gasteiger partial charge in [0.25, 0.3) is 0 Å². The van der Waals surface area contributed by atoms with Crippen molar-refractivity contribution in [3.8, 4) is 0 Å². The number of benzene rings is 1. The summed E-state index contributed by atoms with van der Waals surface area (Å²) in [6, 6.07) is 6.24. The molecule has 0 spiro atoms. The van der Waals surface area contributed by atoms with E-state index < -0.39 is 5.82 Å². The third-order valence-electron chi connectivity index (χ3n) is 3.37. The molecule has 116 valence electrons. The smallest absolute Gasteiger partial charge is 0.229 e. The summed E-state index contributed by atoms with van der Waals surface area (Å²) in [6.07, 6.45) is 4.04. The van der Waals surface area contributed by atoms with Crippen molar-refractivity contribution >= 4 is 29.1 Å². The van der Waals surface area contributed by atoms with Crippen LogP contribution < -0.4 is 10.6 Å². The first-order chi connectivity index (χ1) is 10.7. The third-order valence-corrected chi connectivity index (χ3v) is 3.67. The van der Waals surface area contributed by atoms with Crippen molar-refractivity contribution in [2.24, 2.45) is 0 Å². The van der Waals surface area contributed by atoms with Crippen LogP contribution in [0.3, 0.4) is 0 Å². The molecule has 1 aromatic carbocycles. The van der Waals surface area contributed by atoms with Crippen LogP contribution >= 0.6 is 11.6 Å². The predicted octanol–water partition coefficient (Wildman–Crippen LogP) is 3.60. The number of nitrogens with one attached hydrogen (secondary N) is 2. The zero-order valence-corrected chi connectivity index (χ0v) is 12.6. The van der Waals surface area contributed by atoms with Crippen molar-refractivity contribution in [2.45, 2.75) is 18.9 Å². The fourth-order valence-corrected chi connectivity index (χ4v) is 2.36. The summed E-state index contributed by atoms with van der Waals surface area (Å²) in [5, 5.41) is 6.25. The fraction of sp³-hybridized carbons (Fsp3) is 0.333. The van der Waals surface area contributed by atoms with Crippen LogP contribution in [0.15, 0.2) is 30.5 Å². The number of hydrogen-bond acceptors (Lipinski definition) is 5. The first-order valence-corrected chi connectivity index (χ1v) is 7.49. The summed E-state index contributed by atoms with van der Waals surface area (Å²) in [5.41, 5.74) is 0.540. The second-order valence-electron chi connectivity index (χ2n) is 5.04. The van der Waals surface area contributed by atoms with Gasteiger partial charge in [-0.05, 0) is 37.1 Å². The van der Waals surface area contributed by atoms with E-state index in [4.69, 9.17) is 16.3 Å². The molecular weight excluding hydrogens is 307 g/mol. The van der Waals surface area contributed by atoms with E-state index in [1.807, 2.05) is 0 Å². The number of halogens is 2. The Morgan fingerprint density at radius 3 is 3.05 bits per heavy atom. The van der Waals surface area contributed by atoms with Crippen LogP contribution in [0.25, 0.3) is 0 Å². The number of hydrogen-bond donors (Lipinski definition) is 2. The average Bonchev–Trinajstić information content (AvgIpc) is 3.03. The molecule has 0 amide bonds. The molecule has 1 aliphatic heterocycles. The molecule has 0 saturated carbocycles. The van der Waals surface area contributed by atoms with Gasteiger partial charge < -0.3 is 15.4 Å². The van der Waals surface area contributed by atoms with Gasteiger partial charge in [-0.2, -0.15) is 4.98 Å². The number of ether oxygens (including phenoxy) is 1. The minimum absolute atomic E-state index is 0.0819. The lowest BCUT2D eigenvalue weighted by Crippen LogP contribution is -2.19. The normalized spacial score (nSPS) is 17.5. The molecule has 0 aliphatic carbocycles. The molecule has 7 heteroatoms. The maximum atomic E-state index is 13.4. The molecular formula is C15H16ClFN4O.